The summed E-state index contributed by atoms with van der Waals surface area (Å²) >= 11 is 0. The highest BCUT2D eigenvalue weighted by Crippen LogP contribution is 2.61. The fourth-order valence-corrected chi connectivity index (χ4v) is 7.95. The van der Waals surface area contributed by atoms with Gasteiger partial charge in [0.2, 0.25) is 5.91 Å². The van der Waals surface area contributed by atoms with E-state index in [1.165, 1.54) is 38.5 Å². The van der Waals surface area contributed by atoms with Crippen molar-refractivity contribution in [2.45, 2.75) is 64.7 Å². The van der Waals surface area contributed by atoms with Gasteiger partial charge < -0.3 is 10.2 Å². The van der Waals surface area contributed by atoms with Crippen LogP contribution in [0.15, 0.2) is 24.3 Å². The molecule has 4 aliphatic carbocycles. The van der Waals surface area contributed by atoms with E-state index in [1.807, 2.05) is 41.8 Å². The molecule has 1 aromatic heterocycles. The van der Waals surface area contributed by atoms with Crippen LogP contribution in [0.25, 0.3) is 0 Å². The van der Waals surface area contributed by atoms with Gasteiger partial charge in [-0.1, -0.05) is 6.07 Å². The van der Waals surface area contributed by atoms with Crippen molar-refractivity contribution >= 4 is 17.5 Å². The first-order valence-electron chi connectivity index (χ1n) is 13.1. The summed E-state index contributed by atoms with van der Waals surface area (Å²) in [6, 6.07) is 7.86. The minimum absolute atomic E-state index is 0.0612. The van der Waals surface area contributed by atoms with Crippen LogP contribution in [0.2, 0.25) is 0 Å². The average Bonchev–Trinajstić information content (AvgIpc) is 3.09. The molecule has 180 valence electrons. The number of aromatic nitrogens is 2. The summed E-state index contributed by atoms with van der Waals surface area (Å²) in [7, 11) is 1.94. The first-order valence-corrected chi connectivity index (χ1v) is 13.1. The molecular formula is C28H36N4O2. The van der Waals surface area contributed by atoms with E-state index in [0.717, 1.165) is 58.8 Å². The molecular weight excluding hydrogens is 424 g/mol. The van der Waals surface area contributed by atoms with Gasteiger partial charge in [-0.25, -0.2) is 0 Å². The Bertz CT molecular complexity index is 1080. The van der Waals surface area contributed by atoms with Crippen LogP contribution in [-0.4, -0.2) is 39.6 Å². The van der Waals surface area contributed by atoms with E-state index >= 15 is 0 Å². The molecule has 34 heavy (non-hydrogen) atoms. The van der Waals surface area contributed by atoms with Crippen molar-refractivity contribution in [1.82, 2.24) is 14.7 Å². The molecule has 1 aliphatic heterocycles. The van der Waals surface area contributed by atoms with Gasteiger partial charge in [0, 0.05) is 49.9 Å². The van der Waals surface area contributed by atoms with Crippen molar-refractivity contribution in [1.29, 1.82) is 0 Å². The Labute approximate surface area is 202 Å². The predicted molar refractivity (Wildman–Crippen MR) is 132 cm³/mol. The van der Waals surface area contributed by atoms with E-state index in [4.69, 9.17) is 0 Å². The zero-order valence-electron chi connectivity index (χ0n) is 20.5. The van der Waals surface area contributed by atoms with E-state index < -0.39 is 0 Å². The zero-order chi connectivity index (χ0) is 23.4. The number of aryl methyl sites for hydroxylation is 2. The Balaban J connectivity index is 1.12. The van der Waals surface area contributed by atoms with E-state index in [9.17, 15) is 9.59 Å². The highest BCUT2D eigenvalue weighted by Gasteiger charge is 2.51. The van der Waals surface area contributed by atoms with Gasteiger partial charge >= 0.3 is 0 Å². The number of fused-ring (bicyclic) bond motifs is 1. The van der Waals surface area contributed by atoms with Gasteiger partial charge in [0.05, 0.1) is 5.69 Å². The van der Waals surface area contributed by atoms with Crippen molar-refractivity contribution in [3.8, 4) is 0 Å². The van der Waals surface area contributed by atoms with Gasteiger partial charge in [-0.3, -0.25) is 14.3 Å². The van der Waals surface area contributed by atoms with Gasteiger partial charge in [-0.15, -0.1) is 0 Å². The molecule has 0 radical (unpaired) electrons. The summed E-state index contributed by atoms with van der Waals surface area (Å²) in [5.74, 6) is 2.74. The Hall–Kier alpha value is -2.63. The first kappa shape index (κ1) is 21.9. The zero-order valence-corrected chi connectivity index (χ0v) is 20.5. The first-order chi connectivity index (χ1) is 16.4. The van der Waals surface area contributed by atoms with Crippen LogP contribution in [0.4, 0.5) is 5.69 Å². The second-order valence-electron chi connectivity index (χ2n) is 11.7. The maximum atomic E-state index is 13.2. The number of benzene rings is 1. The molecule has 2 amide bonds. The topological polar surface area (TPSA) is 67.2 Å². The summed E-state index contributed by atoms with van der Waals surface area (Å²) in [6.45, 7) is 3.38. The minimum atomic E-state index is 0.0612. The maximum absolute atomic E-state index is 13.2. The Morgan fingerprint density at radius 3 is 2.50 bits per heavy atom. The fraction of sp³-hybridized carbons (Fsp3) is 0.607. The molecule has 6 heteroatoms. The van der Waals surface area contributed by atoms with Gasteiger partial charge in [-0.05, 0) is 98.8 Å². The van der Waals surface area contributed by atoms with Crippen LogP contribution >= 0.6 is 0 Å². The van der Waals surface area contributed by atoms with Crippen molar-refractivity contribution < 1.29 is 9.59 Å². The van der Waals surface area contributed by atoms with E-state index in [0.29, 0.717) is 19.5 Å². The monoisotopic (exact) mass is 460 g/mol. The number of carbonyl (C=O) groups excluding carboxylic acids is 2. The smallest absolute Gasteiger partial charge is 0.254 e. The van der Waals surface area contributed by atoms with Crippen LogP contribution in [0.5, 0.6) is 0 Å². The lowest BCUT2D eigenvalue weighted by Gasteiger charge is -2.56. The third-order valence-electron chi connectivity index (χ3n) is 9.10. The van der Waals surface area contributed by atoms with Gasteiger partial charge in [-0.2, -0.15) is 5.10 Å². The van der Waals surface area contributed by atoms with Gasteiger partial charge in [0.15, 0.2) is 0 Å². The lowest BCUT2D eigenvalue weighted by Crippen LogP contribution is -2.47. The number of rotatable bonds is 6. The summed E-state index contributed by atoms with van der Waals surface area (Å²) in [5.41, 5.74) is 4.93. The number of hydrogen-bond donors (Lipinski definition) is 1. The van der Waals surface area contributed by atoms with Crippen LogP contribution in [-0.2, 0) is 24.7 Å². The highest BCUT2D eigenvalue weighted by atomic mass is 16.2. The number of amides is 2. The lowest BCUT2D eigenvalue weighted by atomic mass is 9.49. The molecule has 4 bridgehead atoms. The molecule has 1 aromatic carbocycles. The van der Waals surface area contributed by atoms with Crippen LogP contribution in [0.1, 0.15) is 72.3 Å². The summed E-state index contributed by atoms with van der Waals surface area (Å²) in [6.07, 6.45) is 10.1. The number of carbonyl (C=O) groups is 2. The van der Waals surface area contributed by atoms with Crippen molar-refractivity contribution in [2.24, 2.45) is 30.2 Å². The molecule has 0 saturated heterocycles. The van der Waals surface area contributed by atoms with E-state index in [2.05, 4.69) is 16.5 Å². The fourth-order valence-electron chi connectivity index (χ4n) is 7.95. The summed E-state index contributed by atoms with van der Waals surface area (Å²) in [4.78, 5) is 28.4. The normalized spacial score (nSPS) is 29.4. The SMILES string of the molecule is Cc1cc(CCN2CCc3c(NC(=O)CC45CC6CC(CC(C6)C4)C5)cccc3C2=O)nn1C. The molecule has 5 aliphatic rings. The highest BCUT2D eigenvalue weighted by molar-refractivity contribution is 6.00. The third kappa shape index (κ3) is 3.95. The quantitative estimate of drug-likeness (QED) is 0.689. The standard InChI is InChI=1S/C28H36N4O2/c1-18-10-22(30-31(18)2)6-8-32-9-7-23-24(27(32)34)4-3-5-25(23)29-26(33)17-28-14-19-11-20(15-28)13-21(12-19)16-28/h3-5,10,19-21H,6-9,11-17H2,1-2H3,(H,29,33). The molecule has 2 aromatic rings. The maximum Gasteiger partial charge on any atom is 0.254 e. The largest absolute Gasteiger partial charge is 0.338 e. The molecule has 2 heterocycles. The third-order valence-corrected chi connectivity index (χ3v) is 9.10. The van der Waals surface area contributed by atoms with Crippen molar-refractivity contribution in [2.75, 3.05) is 18.4 Å². The molecule has 6 nitrogen and oxygen atoms in total. The number of nitrogens with one attached hydrogen (secondary N) is 1. The molecule has 0 atom stereocenters. The summed E-state index contributed by atoms with van der Waals surface area (Å²) < 4.78 is 1.88. The Morgan fingerprint density at radius 1 is 1.15 bits per heavy atom. The number of anilines is 1. The predicted octanol–water partition coefficient (Wildman–Crippen LogP) is 4.51. The average molecular weight is 461 g/mol. The second kappa shape index (κ2) is 8.24. The summed E-state index contributed by atoms with van der Waals surface area (Å²) in [5, 5.41) is 7.74. The number of hydrogen-bond acceptors (Lipinski definition) is 3. The molecule has 4 saturated carbocycles. The Morgan fingerprint density at radius 2 is 1.85 bits per heavy atom. The minimum Gasteiger partial charge on any atom is -0.338 e. The van der Waals surface area contributed by atoms with E-state index in [-0.39, 0.29) is 17.2 Å². The van der Waals surface area contributed by atoms with Gasteiger partial charge in [0.1, 0.15) is 0 Å². The van der Waals surface area contributed by atoms with Crippen LogP contribution < -0.4 is 5.32 Å². The molecule has 7 rings (SSSR count). The second-order valence-corrected chi connectivity index (χ2v) is 11.7. The van der Waals surface area contributed by atoms with Crippen molar-refractivity contribution in [3.63, 3.8) is 0 Å². The van der Waals surface area contributed by atoms with Crippen LogP contribution in [0, 0.1) is 30.1 Å². The van der Waals surface area contributed by atoms with Gasteiger partial charge in [0.25, 0.3) is 5.91 Å². The molecule has 4 fully saturated rings. The Kier molecular flexibility index (Phi) is 5.30. The molecule has 0 spiro atoms. The van der Waals surface area contributed by atoms with E-state index in [1.54, 1.807) is 0 Å². The van der Waals surface area contributed by atoms with Crippen LogP contribution in [0.3, 0.4) is 0 Å². The molecule has 1 N–H and O–H groups in total. The molecule has 0 unspecified atom stereocenters. The lowest BCUT2D eigenvalue weighted by molar-refractivity contribution is -0.124. The van der Waals surface area contributed by atoms with Crippen molar-refractivity contribution in [3.05, 3.63) is 46.8 Å². The number of nitrogens with zero attached hydrogens (tertiary/aromatic N) is 3.